The van der Waals surface area contributed by atoms with Crippen LogP contribution < -0.4 is 10.5 Å². The summed E-state index contributed by atoms with van der Waals surface area (Å²) in [6.45, 7) is 2.67. The molecule has 0 aliphatic heterocycles. The summed E-state index contributed by atoms with van der Waals surface area (Å²) in [5, 5.41) is 9.65. The largest absolute Gasteiger partial charge is 0.494 e. The first kappa shape index (κ1) is 19.7. The molecule has 0 saturated heterocycles. The zero-order valence-electron chi connectivity index (χ0n) is 14.8. The van der Waals surface area contributed by atoms with Crippen molar-refractivity contribution in [3.63, 3.8) is 0 Å². The van der Waals surface area contributed by atoms with Gasteiger partial charge in [-0.15, -0.1) is 11.3 Å². The number of hydrogen-bond acceptors (Lipinski definition) is 7. The second kappa shape index (κ2) is 8.65. The Balaban J connectivity index is 2.23. The van der Waals surface area contributed by atoms with E-state index in [1.54, 1.807) is 19.1 Å². The second-order valence-electron chi connectivity index (χ2n) is 5.62. The number of rotatable bonds is 7. The monoisotopic (exact) mass is 377 g/mol. The number of halogens is 1. The van der Waals surface area contributed by atoms with Gasteiger partial charge in [0.1, 0.15) is 15.9 Å². The summed E-state index contributed by atoms with van der Waals surface area (Å²) in [7, 11) is 3.22. The average Bonchev–Trinajstić information content (AvgIpc) is 2.90. The topological polar surface area (TPSA) is 88.6 Å². The molecule has 0 bridgehead atoms. The summed E-state index contributed by atoms with van der Waals surface area (Å²) in [5.74, 6) is -0.758. The van der Waals surface area contributed by atoms with Crippen LogP contribution in [-0.4, -0.2) is 31.6 Å². The summed E-state index contributed by atoms with van der Waals surface area (Å²) < 4.78 is 23.8. The fraction of sp³-hybridized carbons (Fsp3) is 0.333. The molecule has 138 valence electrons. The van der Waals surface area contributed by atoms with E-state index in [1.165, 1.54) is 13.2 Å². The van der Waals surface area contributed by atoms with Crippen LogP contribution >= 0.6 is 11.3 Å². The Hall–Kier alpha value is -2.63. The SMILES string of the molecule is CCOC(=O)c1sc(N)c(C#N)c1CN(C)Cc1ccc(OC)c(F)c1. The standard InChI is InChI=1S/C18H20FN3O3S/c1-4-25-18(23)16-13(12(8-20)17(21)26-16)10-22(2)9-11-5-6-15(24-3)14(19)7-11/h5-7H,4,9-10,21H2,1-3H3. The highest BCUT2D eigenvalue weighted by Gasteiger charge is 2.23. The van der Waals surface area contributed by atoms with Gasteiger partial charge in [-0.1, -0.05) is 6.07 Å². The minimum absolute atomic E-state index is 0.179. The van der Waals surface area contributed by atoms with Crippen molar-refractivity contribution in [3.05, 3.63) is 45.6 Å². The van der Waals surface area contributed by atoms with E-state index in [1.807, 2.05) is 18.0 Å². The number of nitrogens with two attached hydrogens (primary N) is 1. The molecular weight excluding hydrogens is 357 g/mol. The maximum absolute atomic E-state index is 13.8. The van der Waals surface area contributed by atoms with Crippen molar-refractivity contribution in [1.82, 2.24) is 4.90 Å². The Labute approximate surface area is 155 Å². The third kappa shape index (κ3) is 4.31. The Morgan fingerprint density at radius 2 is 2.15 bits per heavy atom. The van der Waals surface area contributed by atoms with Gasteiger partial charge in [0.25, 0.3) is 0 Å². The van der Waals surface area contributed by atoms with Gasteiger partial charge in [-0.3, -0.25) is 4.90 Å². The van der Waals surface area contributed by atoms with Crippen LogP contribution in [-0.2, 0) is 17.8 Å². The van der Waals surface area contributed by atoms with Crippen molar-refractivity contribution >= 4 is 22.3 Å². The number of methoxy groups -OCH3 is 1. The lowest BCUT2D eigenvalue weighted by atomic mass is 10.1. The fourth-order valence-corrected chi connectivity index (χ4v) is 3.49. The molecule has 0 unspecified atom stereocenters. The van der Waals surface area contributed by atoms with Gasteiger partial charge < -0.3 is 15.2 Å². The molecule has 26 heavy (non-hydrogen) atoms. The predicted octanol–water partition coefficient (Wildman–Crippen LogP) is 3.16. The number of hydrogen-bond donors (Lipinski definition) is 1. The van der Waals surface area contributed by atoms with E-state index in [0.717, 1.165) is 16.9 Å². The van der Waals surface area contributed by atoms with E-state index in [0.29, 0.717) is 23.5 Å². The highest BCUT2D eigenvalue weighted by atomic mass is 32.1. The molecule has 2 rings (SSSR count). The normalized spacial score (nSPS) is 10.6. The van der Waals surface area contributed by atoms with Crippen LogP contribution in [0.15, 0.2) is 18.2 Å². The molecule has 1 aromatic carbocycles. The zero-order valence-corrected chi connectivity index (χ0v) is 15.7. The van der Waals surface area contributed by atoms with Crippen LogP contribution in [0.4, 0.5) is 9.39 Å². The minimum atomic E-state index is -0.496. The molecular formula is C18H20FN3O3S. The lowest BCUT2D eigenvalue weighted by molar-refractivity contribution is 0.0530. The van der Waals surface area contributed by atoms with Gasteiger partial charge in [-0.2, -0.15) is 5.26 Å². The average molecular weight is 377 g/mol. The smallest absolute Gasteiger partial charge is 0.348 e. The van der Waals surface area contributed by atoms with Crippen LogP contribution in [0.1, 0.15) is 33.3 Å². The van der Waals surface area contributed by atoms with Gasteiger partial charge in [-0.05, 0) is 31.7 Å². The van der Waals surface area contributed by atoms with Crippen LogP contribution in [0.25, 0.3) is 0 Å². The highest BCUT2D eigenvalue weighted by Crippen LogP contribution is 2.32. The Morgan fingerprint density at radius 3 is 2.73 bits per heavy atom. The maximum atomic E-state index is 13.8. The number of ether oxygens (including phenoxy) is 2. The first-order valence-electron chi connectivity index (χ1n) is 7.90. The van der Waals surface area contributed by atoms with Gasteiger partial charge in [0.15, 0.2) is 11.6 Å². The van der Waals surface area contributed by atoms with Crippen LogP contribution in [0.2, 0.25) is 0 Å². The third-order valence-electron chi connectivity index (χ3n) is 3.70. The van der Waals surface area contributed by atoms with Crippen molar-refractivity contribution in [3.8, 4) is 11.8 Å². The van der Waals surface area contributed by atoms with Crippen molar-refractivity contribution in [2.75, 3.05) is 26.5 Å². The molecule has 0 aliphatic carbocycles. The number of thiophene rings is 1. The molecule has 0 spiro atoms. The van der Waals surface area contributed by atoms with Gasteiger partial charge in [0.2, 0.25) is 0 Å². The number of nitrogen functional groups attached to an aromatic ring is 1. The number of nitriles is 1. The second-order valence-corrected chi connectivity index (χ2v) is 6.67. The lowest BCUT2D eigenvalue weighted by Crippen LogP contribution is -2.19. The van der Waals surface area contributed by atoms with Crippen molar-refractivity contribution < 1.29 is 18.7 Å². The Bertz CT molecular complexity index is 845. The quantitative estimate of drug-likeness (QED) is 0.746. The summed E-state index contributed by atoms with van der Waals surface area (Å²) in [6, 6.07) is 6.77. The number of benzene rings is 1. The number of esters is 1. The van der Waals surface area contributed by atoms with Crippen LogP contribution in [0.3, 0.4) is 0 Å². The summed E-state index contributed by atoms with van der Waals surface area (Å²) >= 11 is 1.05. The van der Waals surface area contributed by atoms with Crippen LogP contribution in [0.5, 0.6) is 5.75 Å². The van der Waals surface area contributed by atoms with E-state index >= 15 is 0 Å². The lowest BCUT2D eigenvalue weighted by Gasteiger charge is -2.17. The van der Waals surface area contributed by atoms with Gasteiger partial charge in [0.05, 0.1) is 19.3 Å². The number of carbonyl (C=O) groups is 1. The number of nitrogens with zero attached hydrogens (tertiary/aromatic N) is 2. The highest BCUT2D eigenvalue weighted by molar-refractivity contribution is 7.18. The Morgan fingerprint density at radius 1 is 1.42 bits per heavy atom. The van der Waals surface area contributed by atoms with E-state index in [-0.39, 0.29) is 22.9 Å². The summed E-state index contributed by atoms with van der Waals surface area (Å²) in [5.41, 5.74) is 7.43. The van der Waals surface area contributed by atoms with E-state index in [4.69, 9.17) is 15.2 Å². The first-order chi connectivity index (χ1) is 12.4. The molecule has 2 aromatic rings. The Kier molecular flexibility index (Phi) is 6.55. The third-order valence-corrected chi connectivity index (χ3v) is 4.74. The number of anilines is 1. The molecule has 8 heteroatoms. The molecule has 0 amide bonds. The molecule has 1 heterocycles. The van der Waals surface area contributed by atoms with Gasteiger partial charge in [-0.25, -0.2) is 9.18 Å². The minimum Gasteiger partial charge on any atom is -0.494 e. The van der Waals surface area contributed by atoms with E-state index in [9.17, 15) is 14.4 Å². The maximum Gasteiger partial charge on any atom is 0.348 e. The fourth-order valence-electron chi connectivity index (χ4n) is 2.57. The van der Waals surface area contributed by atoms with Gasteiger partial charge >= 0.3 is 5.97 Å². The van der Waals surface area contributed by atoms with E-state index < -0.39 is 11.8 Å². The van der Waals surface area contributed by atoms with Crippen LogP contribution in [0, 0.1) is 17.1 Å². The number of carbonyl (C=O) groups excluding carboxylic acids is 1. The summed E-state index contributed by atoms with van der Waals surface area (Å²) in [4.78, 5) is 14.3. The van der Waals surface area contributed by atoms with Crippen molar-refractivity contribution in [2.45, 2.75) is 20.0 Å². The summed E-state index contributed by atoms with van der Waals surface area (Å²) in [6.07, 6.45) is 0. The first-order valence-corrected chi connectivity index (χ1v) is 8.72. The zero-order chi connectivity index (χ0) is 19.3. The van der Waals surface area contributed by atoms with Crippen molar-refractivity contribution in [1.29, 1.82) is 5.26 Å². The molecule has 0 atom stereocenters. The van der Waals surface area contributed by atoms with Gasteiger partial charge in [0, 0.05) is 18.7 Å². The molecule has 2 N–H and O–H groups in total. The molecule has 0 saturated carbocycles. The van der Waals surface area contributed by atoms with Crippen molar-refractivity contribution in [2.24, 2.45) is 0 Å². The molecule has 0 aliphatic rings. The molecule has 1 aromatic heterocycles. The molecule has 0 radical (unpaired) electrons. The molecule has 6 nitrogen and oxygen atoms in total. The predicted molar refractivity (Wildman–Crippen MR) is 97.5 cm³/mol. The van der Waals surface area contributed by atoms with E-state index in [2.05, 4.69) is 0 Å². The molecule has 0 fully saturated rings.